The maximum absolute atomic E-state index is 13.1. The third kappa shape index (κ3) is 3.84. The van der Waals surface area contributed by atoms with E-state index in [0.717, 1.165) is 70.1 Å². The molecule has 2 atom stereocenters. The van der Waals surface area contributed by atoms with E-state index >= 15 is 0 Å². The maximum atomic E-state index is 13.1. The molecule has 0 spiro atoms. The van der Waals surface area contributed by atoms with Crippen LogP contribution in [0.5, 0.6) is 0 Å². The molecule has 2 saturated heterocycles. The zero-order valence-electron chi connectivity index (χ0n) is 19.5. The SMILES string of the molecule is CC1(C)NC[C@]2(C)CCCN2[C@@H]1CS(=O)(=O)NC(=O)Nc1c2c(cc3c1CCC3)CCC2. The Morgan fingerprint density at radius 1 is 1.09 bits per heavy atom. The molecule has 2 fully saturated rings. The number of aryl methyl sites for hydroxylation is 2. The lowest BCUT2D eigenvalue weighted by Gasteiger charge is -2.53. The Kier molecular flexibility index (Phi) is 5.34. The number of amides is 2. The molecule has 1 aromatic carbocycles. The second kappa shape index (κ2) is 7.71. The van der Waals surface area contributed by atoms with Gasteiger partial charge in [-0.25, -0.2) is 17.9 Å². The first kappa shape index (κ1) is 22.2. The summed E-state index contributed by atoms with van der Waals surface area (Å²) in [5.41, 5.74) is 5.51. The molecule has 5 rings (SSSR count). The van der Waals surface area contributed by atoms with Crippen LogP contribution in [0.4, 0.5) is 10.5 Å². The summed E-state index contributed by atoms with van der Waals surface area (Å²) in [6.45, 7) is 8.08. The number of hydrogen-bond donors (Lipinski definition) is 3. The fourth-order valence-electron chi connectivity index (χ4n) is 6.49. The molecule has 8 heteroatoms. The molecule has 176 valence electrons. The lowest BCUT2D eigenvalue weighted by Crippen LogP contribution is -2.72. The molecule has 2 aliphatic heterocycles. The van der Waals surface area contributed by atoms with E-state index in [1.54, 1.807) is 0 Å². The third-order valence-corrected chi connectivity index (χ3v) is 9.53. The first-order valence-corrected chi connectivity index (χ1v) is 13.7. The number of nitrogens with one attached hydrogen (secondary N) is 3. The number of piperazine rings is 1. The van der Waals surface area contributed by atoms with Crippen LogP contribution in [0.3, 0.4) is 0 Å². The van der Waals surface area contributed by atoms with Crippen molar-refractivity contribution in [3.05, 3.63) is 28.3 Å². The van der Waals surface area contributed by atoms with Gasteiger partial charge in [0.1, 0.15) is 0 Å². The van der Waals surface area contributed by atoms with Gasteiger partial charge in [0.05, 0.1) is 5.75 Å². The van der Waals surface area contributed by atoms with Gasteiger partial charge in [-0.1, -0.05) is 6.07 Å². The number of hydrogen-bond acceptors (Lipinski definition) is 5. The minimum atomic E-state index is -3.81. The van der Waals surface area contributed by atoms with Crippen molar-refractivity contribution in [2.75, 3.05) is 24.2 Å². The van der Waals surface area contributed by atoms with Crippen LogP contribution < -0.4 is 15.4 Å². The molecule has 0 saturated carbocycles. The van der Waals surface area contributed by atoms with Crippen LogP contribution in [-0.2, 0) is 35.7 Å². The average molecular weight is 461 g/mol. The van der Waals surface area contributed by atoms with Crippen LogP contribution in [0.15, 0.2) is 6.07 Å². The molecule has 2 heterocycles. The van der Waals surface area contributed by atoms with Gasteiger partial charge in [-0.3, -0.25) is 4.90 Å². The van der Waals surface area contributed by atoms with Gasteiger partial charge in [-0.05, 0) is 101 Å². The smallest absolute Gasteiger partial charge is 0.308 e. The molecule has 0 unspecified atom stereocenters. The number of benzene rings is 1. The number of sulfonamides is 1. The van der Waals surface area contributed by atoms with Gasteiger partial charge in [-0.15, -0.1) is 0 Å². The molecular formula is C24H36N4O3S. The molecule has 3 N–H and O–H groups in total. The van der Waals surface area contributed by atoms with E-state index in [0.29, 0.717) is 0 Å². The average Bonchev–Trinajstić information content (AvgIpc) is 3.43. The van der Waals surface area contributed by atoms with Crippen LogP contribution in [0, 0.1) is 0 Å². The Balaban J connectivity index is 1.33. The van der Waals surface area contributed by atoms with E-state index in [1.165, 1.54) is 22.3 Å². The summed E-state index contributed by atoms with van der Waals surface area (Å²) >= 11 is 0. The van der Waals surface area contributed by atoms with Crippen LogP contribution in [0.2, 0.25) is 0 Å². The van der Waals surface area contributed by atoms with Gasteiger partial charge >= 0.3 is 6.03 Å². The Labute approximate surface area is 191 Å². The predicted molar refractivity (Wildman–Crippen MR) is 127 cm³/mol. The van der Waals surface area contributed by atoms with E-state index in [1.807, 2.05) is 0 Å². The van der Waals surface area contributed by atoms with Crippen molar-refractivity contribution < 1.29 is 13.2 Å². The summed E-state index contributed by atoms with van der Waals surface area (Å²) < 4.78 is 28.6. The fourth-order valence-corrected chi connectivity index (χ4v) is 7.92. The summed E-state index contributed by atoms with van der Waals surface area (Å²) in [4.78, 5) is 15.2. The fraction of sp³-hybridized carbons (Fsp3) is 0.708. The van der Waals surface area contributed by atoms with Gasteiger partial charge in [0, 0.05) is 29.4 Å². The zero-order chi connectivity index (χ0) is 22.7. The predicted octanol–water partition coefficient (Wildman–Crippen LogP) is 2.72. The Morgan fingerprint density at radius 2 is 1.75 bits per heavy atom. The van der Waals surface area contributed by atoms with Crippen molar-refractivity contribution in [2.24, 2.45) is 0 Å². The van der Waals surface area contributed by atoms with E-state index < -0.39 is 16.1 Å². The standard InChI is InChI=1S/C24H36N4O3S/c1-23(2)20(28-12-6-11-24(28,3)15-25-23)14-32(30,31)27-22(29)26-21-18-9-4-7-16(18)13-17-8-5-10-19(17)21/h13,20,25H,4-12,14-15H2,1-3H3,(H2,26,27,29)/t20-,24+/m1/s1. The molecule has 1 aromatic rings. The second-order valence-electron chi connectivity index (χ2n) is 11.0. The molecular weight excluding hydrogens is 424 g/mol. The topological polar surface area (TPSA) is 90.5 Å². The van der Waals surface area contributed by atoms with Crippen molar-refractivity contribution in [1.29, 1.82) is 0 Å². The van der Waals surface area contributed by atoms with Crippen molar-refractivity contribution in [1.82, 2.24) is 14.9 Å². The number of anilines is 1. The highest BCUT2D eigenvalue weighted by atomic mass is 32.2. The minimum Gasteiger partial charge on any atom is -0.308 e. The molecule has 0 aromatic heterocycles. The molecule has 32 heavy (non-hydrogen) atoms. The van der Waals surface area contributed by atoms with Crippen molar-refractivity contribution in [3.8, 4) is 0 Å². The molecule has 7 nitrogen and oxygen atoms in total. The first-order chi connectivity index (χ1) is 15.1. The number of carbonyl (C=O) groups is 1. The molecule has 0 bridgehead atoms. The number of urea groups is 1. The van der Waals surface area contributed by atoms with Crippen molar-refractivity contribution in [3.63, 3.8) is 0 Å². The summed E-state index contributed by atoms with van der Waals surface area (Å²) in [6, 6.07) is 1.47. The van der Waals surface area contributed by atoms with Gasteiger partial charge in [0.15, 0.2) is 0 Å². The van der Waals surface area contributed by atoms with E-state index in [2.05, 4.69) is 47.1 Å². The number of nitrogens with zero attached hydrogens (tertiary/aromatic N) is 1. The number of fused-ring (bicyclic) bond motifs is 3. The highest BCUT2D eigenvalue weighted by Crippen LogP contribution is 2.39. The summed E-state index contributed by atoms with van der Waals surface area (Å²) in [7, 11) is -3.81. The normalized spacial score (nSPS) is 28.8. The van der Waals surface area contributed by atoms with Crippen molar-refractivity contribution >= 4 is 21.7 Å². The van der Waals surface area contributed by atoms with Gasteiger partial charge in [0.25, 0.3) is 0 Å². The highest BCUT2D eigenvalue weighted by Gasteiger charge is 2.51. The summed E-state index contributed by atoms with van der Waals surface area (Å²) in [5, 5.41) is 6.51. The van der Waals surface area contributed by atoms with Crippen LogP contribution in [-0.4, -0.2) is 55.3 Å². The molecule has 2 aliphatic carbocycles. The van der Waals surface area contributed by atoms with Crippen LogP contribution in [0.25, 0.3) is 0 Å². The molecule has 4 aliphatic rings. The Bertz CT molecular complexity index is 1020. The largest absolute Gasteiger partial charge is 0.332 e. The van der Waals surface area contributed by atoms with Gasteiger partial charge in [0.2, 0.25) is 10.0 Å². The summed E-state index contributed by atoms with van der Waals surface area (Å²) in [6.07, 6.45) is 8.27. The van der Waals surface area contributed by atoms with E-state index in [4.69, 9.17) is 0 Å². The lowest BCUT2D eigenvalue weighted by molar-refractivity contribution is 0.0126. The van der Waals surface area contributed by atoms with E-state index in [-0.39, 0.29) is 22.9 Å². The monoisotopic (exact) mass is 460 g/mol. The van der Waals surface area contributed by atoms with E-state index in [9.17, 15) is 13.2 Å². The highest BCUT2D eigenvalue weighted by molar-refractivity contribution is 7.90. The minimum absolute atomic E-state index is 0.0247. The molecule has 0 radical (unpaired) electrons. The Morgan fingerprint density at radius 3 is 2.41 bits per heavy atom. The number of rotatable bonds is 4. The molecule has 2 amide bonds. The number of carbonyl (C=O) groups excluding carboxylic acids is 1. The second-order valence-corrected chi connectivity index (χ2v) is 12.7. The van der Waals surface area contributed by atoms with Crippen LogP contribution >= 0.6 is 0 Å². The lowest BCUT2D eigenvalue weighted by atomic mass is 9.85. The van der Waals surface area contributed by atoms with Gasteiger partial charge < -0.3 is 10.6 Å². The van der Waals surface area contributed by atoms with Crippen molar-refractivity contribution in [2.45, 2.75) is 89.3 Å². The quantitative estimate of drug-likeness (QED) is 0.643. The van der Waals surface area contributed by atoms with Gasteiger partial charge in [-0.2, -0.15) is 0 Å². The van der Waals surface area contributed by atoms with Crippen LogP contribution in [0.1, 0.15) is 68.7 Å². The Hall–Kier alpha value is -1.64. The zero-order valence-corrected chi connectivity index (χ0v) is 20.3. The summed E-state index contributed by atoms with van der Waals surface area (Å²) in [5.74, 6) is -0.0962. The maximum Gasteiger partial charge on any atom is 0.332 e. The first-order valence-electron chi connectivity index (χ1n) is 12.1. The third-order valence-electron chi connectivity index (χ3n) is 8.28.